The number of ether oxygens (including phenoxy) is 4. The van der Waals surface area contributed by atoms with Crippen molar-refractivity contribution in [3.8, 4) is 23.0 Å². The Labute approximate surface area is 213 Å². The van der Waals surface area contributed by atoms with Crippen LogP contribution in [-0.2, 0) is 13.0 Å². The molecule has 3 aromatic rings. The lowest BCUT2D eigenvalue weighted by Crippen LogP contribution is -2.41. The lowest BCUT2D eigenvalue weighted by atomic mass is 10.1. The van der Waals surface area contributed by atoms with Gasteiger partial charge in [0.15, 0.2) is 17.3 Å². The van der Waals surface area contributed by atoms with Gasteiger partial charge in [-0.3, -0.25) is 9.98 Å². The number of benzene rings is 1. The smallest absolute Gasteiger partial charge is 0.161 e. The second-order valence-electron chi connectivity index (χ2n) is 7.83. The lowest BCUT2D eigenvalue weighted by Gasteiger charge is -2.21. The number of hydrogen-bond acceptors (Lipinski definition) is 9. The van der Waals surface area contributed by atoms with Crippen LogP contribution in [0.1, 0.15) is 37.7 Å². The maximum atomic E-state index is 6.01. The number of nitrogens with one attached hydrogen (secondary N) is 1. The minimum atomic E-state index is -0.0784. The second-order valence-corrected chi connectivity index (χ2v) is 7.83. The average Bonchev–Trinajstić information content (AvgIpc) is 3.28. The number of aryl methyl sites for hydroxylation is 1. The molecule has 36 heavy (non-hydrogen) atoms. The maximum absolute atomic E-state index is 6.01. The molecular weight excluding hydrogens is 458 g/mol. The molecule has 4 rings (SSSR count). The third-order valence-corrected chi connectivity index (χ3v) is 5.29. The molecule has 0 aliphatic carbocycles. The molecular formula is C27H35N5O4. The summed E-state index contributed by atoms with van der Waals surface area (Å²) in [6, 6.07) is 13.4. The number of amidine groups is 1. The van der Waals surface area contributed by atoms with Crippen LogP contribution < -0.4 is 29.4 Å². The zero-order chi connectivity index (χ0) is 26.1. The number of hydrazine groups is 1. The highest BCUT2D eigenvalue weighted by Gasteiger charge is 2.25. The van der Waals surface area contributed by atoms with Gasteiger partial charge in [-0.1, -0.05) is 19.9 Å². The summed E-state index contributed by atoms with van der Waals surface area (Å²) < 4.78 is 22.0. The average molecular weight is 494 g/mol. The van der Waals surface area contributed by atoms with E-state index in [9.17, 15) is 0 Å². The number of nitrogens with zero attached hydrogens (tertiary/aromatic N) is 4. The molecule has 1 atom stereocenters. The SMILES string of the molecule is CC.COc1ccc(COc2cc(C)nc(N3NC(C)N=C3Cc3ccc(OC)c(OC)c3)c2)nc1. The van der Waals surface area contributed by atoms with Crippen molar-refractivity contribution in [2.45, 2.75) is 46.9 Å². The van der Waals surface area contributed by atoms with Crippen molar-refractivity contribution in [3.05, 3.63) is 65.6 Å². The fourth-order valence-corrected chi connectivity index (χ4v) is 3.66. The molecule has 0 saturated carbocycles. The standard InChI is InChI=1S/C25H29N5O4.C2H6/c1-16-10-21(34-15-19-7-8-20(31-3)14-26-19)13-25(27-16)30-24(28-17(2)29-30)12-18-6-9-22(32-4)23(11-18)33-5;1-2/h6-11,13-14,17,29H,12,15H2,1-5H3;1-2H3. The molecule has 9 nitrogen and oxygen atoms in total. The Morgan fingerprint density at radius 2 is 1.69 bits per heavy atom. The van der Waals surface area contributed by atoms with Gasteiger partial charge in [0, 0.05) is 24.2 Å². The van der Waals surface area contributed by atoms with Crippen molar-refractivity contribution in [2.24, 2.45) is 4.99 Å². The van der Waals surface area contributed by atoms with Crippen molar-refractivity contribution >= 4 is 11.7 Å². The third-order valence-electron chi connectivity index (χ3n) is 5.29. The van der Waals surface area contributed by atoms with Crippen LogP contribution in [0.15, 0.2) is 53.7 Å². The monoisotopic (exact) mass is 493 g/mol. The summed E-state index contributed by atoms with van der Waals surface area (Å²) in [5.41, 5.74) is 6.05. The third kappa shape index (κ3) is 6.63. The fraction of sp³-hybridized carbons (Fsp3) is 0.370. The van der Waals surface area contributed by atoms with Gasteiger partial charge in [0.25, 0.3) is 0 Å². The summed E-state index contributed by atoms with van der Waals surface area (Å²) >= 11 is 0. The lowest BCUT2D eigenvalue weighted by molar-refractivity contribution is 0.300. The minimum absolute atomic E-state index is 0.0784. The summed E-state index contributed by atoms with van der Waals surface area (Å²) in [7, 11) is 4.87. The topological polar surface area (TPSA) is 90.3 Å². The van der Waals surface area contributed by atoms with Crippen LogP contribution >= 0.6 is 0 Å². The van der Waals surface area contributed by atoms with Gasteiger partial charge in [-0.05, 0) is 43.7 Å². The Hall–Kier alpha value is -3.85. The van der Waals surface area contributed by atoms with Gasteiger partial charge in [0.05, 0.1) is 33.2 Å². The molecule has 0 fully saturated rings. The first kappa shape index (κ1) is 26.7. The predicted molar refractivity (Wildman–Crippen MR) is 141 cm³/mol. The van der Waals surface area contributed by atoms with Gasteiger partial charge in [0.2, 0.25) is 0 Å². The molecule has 1 aliphatic heterocycles. The van der Waals surface area contributed by atoms with Crippen molar-refractivity contribution in [3.63, 3.8) is 0 Å². The highest BCUT2D eigenvalue weighted by Crippen LogP contribution is 2.29. The molecule has 0 radical (unpaired) electrons. The van der Waals surface area contributed by atoms with E-state index < -0.39 is 0 Å². The number of anilines is 1. The van der Waals surface area contributed by atoms with Gasteiger partial charge in [-0.15, -0.1) is 0 Å². The van der Waals surface area contributed by atoms with Gasteiger partial charge in [-0.2, -0.15) is 0 Å². The highest BCUT2D eigenvalue weighted by atomic mass is 16.5. The maximum Gasteiger partial charge on any atom is 0.161 e. The van der Waals surface area contributed by atoms with E-state index in [-0.39, 0.29) is 6.17 Å². The zero-order valence-electron chi connectivity index (χ0n) is 22.0. The first-order valence-electron chi connectivity index (χ1n) is 11.9. The summed E-state index contributed by atoms with van der Waals surface area (Å²) in [5, 5.41) is 1.91. The van der Waals surface area contributed by atoms with E-state index in [4.69, 9.17) is 28.9 Å². The van der Waals surface area contributed by atoms with Gasteiger partial charge >= 0.3 is 0 Å². The van der Waals surface area contributed by atoms with E-state index in [0.29, 0.717) is 41.8 Å². The summed E-state index contributed by atoms with van der Waals surface area (Å²) in [6.07, 6.45) is 2.19. The molecule has 9 heteroatoms. The molecule has 2 aromatic heterocycles. The van der Waals surface area contributed by atoms with Crippen LogP contribution in [-0.4, -0.2) is 43.3 Å². The van der Waals surface area contributed by atoms with Crippen LogP contribution in [0.5, 0.6) is 23.0 Å². The second kappa shape index (κ2) is 12.7. The van der Waals surface area contributed by atoms with E-state index in [2.05, 4.69) is 10.4 Å². The van der Waals surface area contributed by atoms with Gasteiger partial charge < -0.3 is 18.9 Å². The zero-order valence-corrected chi connectivity index (χ0v) is 22.0. The normalized spacial score (nSPS) is 14.5. The number of rotatable bonds is 9. The molecule has 1 unspecified atom stereocenters. The Balaban J connectivity index is 0.00000176. The number of methoxy groups -OCH3 is 3. The molecule has 3 heterocycles. The number of aromatic nitrogens is 2. The molecule has 0 bridgehead atoms. The van der Waals surface area contributed by atoms with E-state index in [1.54, 1.807) is 27.5 Å². The quantitative estimate of drug-likeness (QED) is 0.458. The van der Waals surface area contributed by atoms with Crippen LogP contribution in [0.2, 0.25) is 0 Å². The Kier molecular flexibility index (Phi) is 9.46. The molecule has 192 valence electrons. The van der Waals surface area contributed by atoms with Crippen LogP contribution in [0.4, 0.5) is 5.82 Å². The Bertz CT molecular complexity index is 1170. The van der Waals surface area contributed by atoms with Crippen molar-refractivity contribution < 1.29 is 18.9 Å². The van der Waals surface area contributed by atoms with E-state index in [1.165, 1.54) is 0 Å². The molecule has 0 spiro atoms. The molecule has 1 N–H and O–H groups in total. The van der Waals surface area contributed by atoms with Crippen LogP contribution in [0, 0.1) is 6.92 Å². The summed E-state index contributed by atoms with van der Waals surface area (Å²) in [6.45, 7) is 8.27. The van der Waals surface area contributed by atoms with E-state index in [0.717, 1.165) is 22.8 Å². The predicted octanol–water partition coefficient (Wildman–Crippen LogP) is 4.73. The summed E-state index contributed by atoms with van der Waals surface area (Å²) in [5.74, 6) is 4.34. The number of pyridine rings is 2. The van der Waals surface area contributed by atoms with Crippen LogP contribution in [0.25, 0.3) is 0 Å². The Morgan fingerprint density at radius 3 is 2.36 bits per heavy atom. The van der Waals surface area contributed by atoms with E-state index >= 15 is 0 Å². The highest BCUT2D eigenvalue weighted by molar-refractivity contribution is 5.99. The first-order valence-corrected chi connectivity index (χ1v) is 11.9. The molecule has 1 aromatic carbocycles. The number of aliphatic imine (C=N–C) groups is 1. The number of hydrogen-bond donors (Lipinski definition) is 1. The minimum Gasteiger partial charge on any atom is -0.495 e. The first-order chi connectivity index (χ1) is 17.5. The van der Waals surface area contributed by atoms with Crippen LogP contribution in [0.3, 0.4) is 0 Å². The largest absolute Gasteiger partial charge is 0.495 e. The summed E-state index contributed by atoms with van der Waals surface area (Å²) in [4.78, 5) is 13.8. The van der Waals surface area contributed by atoms with Gasteiger partial charge in [-0.25, -0.2) is 15.4 Å². The molecule has 1 aliphatic rings. The van der Waals surface area contributed by atoms with Crippen molar-refractivity contribution in [1.29, 1.82) is 0 Å². The van der Waals surface area contributed by atoms with Crippen molar-refractivity contribution in [1.82, 2.24) is 15.4 Å². The van der Waals surface area contributed by atoms with E-state index in [1.807, 2.05) is 75.2 Å². The van der Waals surface area contributed by atoms with Gasteiger partial charge in [0.1, 0.15) is 30.1 Å². The molecule has 0 amide bonds. The fourth-order valence-electron chi connectivity index (χ4n) is 3.66. The molecule has 0 saturated heterocycles. The Morgan fingerprint density at radius 1 is 0.917 bits per heavy atom. The van der Waals surface area contributed by atoms with Crippen molar-refractivity contribution in [2.75, 3.05) is 26.3 Å².